The molecular formula is C20H14BrCl2F2N3O3S. The number of halogens is 5. The maximum atomic E-state index is 13.9. The van der Waals surface area contributed by atoms with E-state index in [4.69, 9.17) is 32.7 Å². The topological polar surface area (TPSA) is 69.4 Å². The van der Waals surface area contributed by atoms with Gasteiger partial charge >= 0.3 is 0 Å². The number of nitrogens with zero attached hydrogens (tertiary/aromatic N) is 3. The predicted molar refractivity (Wildman–Crippen MR) is 119 cm³/mol. The fourth-order valence-corrected chi connectivity index (χ4v) is 5.64. The van der Waals surface area contributed by atoms with Crippen LogP contribution in [0.1, 0.15) is 6.04 Å². The highest BCUT2D eigenvalue weighted by Crippen LogP contribution is 2.44. The van der Waals surface area contributed by atoms with Gasteiger partial charge in [-0.05, 0) is 39.7 Å². The van der Waals surface area contributed by atoms with Crippen molar-refractivity contribution in [3.8, 4) is 11.1 Å². The molecule has 2 aromatic heterocycles. The summed E-state index contributed by atoms with van der Waals surface area (Å²) in [6.07, 6.45) is 2.95. The van der Waals surface area contributed by atoms with Gasteiger partial charge in [0.05, 0.1) is 17.8 Å². The molecule has 0 amide bonds. The lowest BCUT2D eigenvalue weighted by Gasteiger charge is -2.50. The van der Waals surface area contributed by atoms with Crippen LogP contribution in [0.2, 0.25) is 10.0 Å². The summed E-state index contributed by atoms with van der Waals surface area (Å²) in [5, 5.41) is 15.4. The number of aliphatic hydroxyl groups is 1. The van der Waals surface area contributed by atoms with Gasteiger partial charge in [0.2, 0.25) is 0 Å². The van der Waals surface area contributed by atoms with Crippen LogP contribution in [0.25, 0.3) is 11.1 Å². The number of pyridine rings is 1. The number of hydrogen-bond donors (Lipinski definition) is 1. The molecule has 32 heavy (non-hydrogen) atoms. The Hall–Kier alpha value is -1.27. The standard InChI is InChI=1S/C20H14BrCl2F2N3O3S/c21-19-14(3-10(22)5-26-19)32-20-17(29)16(18-13(31-20)7-30-18)28-6-9(4-27-28)8-1-11(24)15(23)12(25)2-8/h1-6,13,16-18,20,29H,7H2. The van der Waals surface area contributed by atoms with Crippen molar-refractivity contribution in [2.45, 2.75) is 34.7 Å². The van der Waals surface area contributed by atoms with Gasteiger partial charge in [0.1, 0.15) is 51.1 Å². The van der Waals surface area contributed by atoms with E-state index < -0.39 is 40.3 Å². The van der Waals surface area contributed by atoms with Crippen LogP contribution < -0.4 is 0 Å². The second-order valence-electron chi connectivity index (χ2n) is 7.35. The third kappa shape index (κ3) is 4.06. The van der Waals surface area contributed by atoms with E-state index in [1.54, 1.807) is 16.9 Å². The SMILES string of the molecule is OC1C(Sc2cc(Cl)cnc2Br)OC2COC2C1n1cc(-c2cc(F)c(Cl)c(F)c2)cn1. The molecule has 2 aliphatic rings. The Bertz CT molecular complexity index is 1160. The normalized spacial score (nSPS) is 27.1. The molecule has 0 saturated carbocycles. The summed E-state index contributed by atoms with van der Waals surface area (Å²) in [5.74, 6) is -1.72. The van der Waals surface area contributed by atoms with Crippen molar-refractivity contribution in [1.29, 1.82) is 0 Å². The number of fused-ring (bicyclic) bond motifs is 1. The highest BCUT2D eigenvalue weighted by Gasteiger charge is 2.52. The summed E-state index contributed by atoms with van der Waals surface area (Å²) >= 11 is 16.3. The fraction of sp³-hybridized carbons (Fsp3) is 0.300. The summed E-state index contributed by atoms with van der Waals surface area (Å²) in [7, 11) is 0. The first-order chi connectivity index (χ1) is 15.3. The minimum absolute atomic E-state index is 0.232. The van der Waals surface area contributed by atoms with Crippen molar-refractivity contribution in [2.75, 3.05) is 6.61 Å². The molecule has 1 aromatic carbocycles. The molecule has 12 heteroatoms. The van der Waals surface area contributed by atoms with Crippen molar-refractivity contribution in [2.24, 2.45) is 0 Å². The van der Waals surface area contributed by atoms with Crippen LogP contribution in [-0.4, -0.2) is 50.2 Å². The molecule has 0 radical (unpaired) electrons. The molecule has 5 unspecified atom stereocenters. The third-order valence-electron chi connectivity index (χ3n) is 5.33. The number of aromatic nitrogens is 3. The van der Waals surface area contributed by atoms with Gasteiger partial charge < -0.3 is 14.6 Å². The Morgan fingerprint density at radius 2 is 1.91 bits per heavy atom. The minimum Gasteiger partial charge on any atom is -0.387 e. The molecule has 0 aliphatic carbocycles. The molecule has 3 aromatic rings. The number of rotatable bonds is 4. The van der Waals surface area contributed by atoms with Gasteiger partial charge in [-0.1, -0.05) is 35.0 Å². The number of benzene rings is 1. The molecule has 6 nitrogen and oxygen atoms in total. The predicted octanol–water partition coefficient (Wildman–Crippen LogP) is 5.11. The van der Waals surface area contributed by atoms with Crippen LogP contribution in [0.5, 0.6) is 0 Å². The lowest BCUT2D eigenvalue weighted by molar-refractivity contribution is -0.266. The Kier molecular flexibility index (Phi) is 6.21. The van der Waals surface area contributed by atoms with Crippen LogP contribution in [0.15, 0.2) is 46.3 Å². The van der Waals surface area contributed by atoms with Gasteiger partial charge in [-0.25, -0.2) is 13.8 Å². The van der Waals surface area contributed by atoms with E-state index >= 15 is 0 Å². The molecule has 4 heterocycles. The van der Waals surface area contributed by atoms with Gasteiger partial charge in [-0.15, -0.1) is 0 Å². The highest BCUT2D eigenvalue weighted by atomic mass is 79.9. The molecule has 5 rings (SSSR count). The van der Waals surface area contributed by atoms with Gasteiger partial charge in [-0.2, -0.15) is 5.10 Å². The van der Waals surface area contributed by atoms with Crippen LogP contribution in [-0.2, 0) is 9.47 Å². The van der Waals surface area contributed by atoms with Gasteiger partial charge in [0, 0.05) is 22.9 Å². The average Bonchev–Trinajstić information content (AvgIpc) is 3.22. The summed E-state index contributed by atoms with van der Waals surface area (Å²) in [6, 6.07) is 3.44. The zero-order chi connectivity index (χ0) is 22.6. The maximum Gasteiger partial charge on any atom is 0.145 e. The van der Waals surface area contributed by atoms with Crippen molar-refractivity contribution in [1.82, 2.24) is 14.8 Å². The van der Waals surface area contributed by atoms with Crippen LogP contribution in [0.4, 0.5) is 8.78 Å². The van der Waals surface area contributed by atoms with E-state index in [9.17, 15) is 13.9 Å². The zero-order valence-electron chi connectivity index (χ0n) is 16.0. The molecule has 1 N–H and O–H groups in total. The van der Waals surface area contributed by atoms with E-state index in [1.807, 2.05) is 0 Å². The number of thioether (sulfide) groups is 1. The second kappa shape index (κ2) is 8.83. The van der Waals surface area contributed by atoms with Crippen LogP contribution in [0.3, 0.4) is 0 Å². The van der Waals surface area contributed by atoms with E-state index in [-0.39, 0.29) is 11.7 Å². The van der Waals surface area contributed by atoms with E-state index in [2.05, 4.69) is 26.0 Å². The van der Waals surface area contributed by atoms with E-state index in [0.717, 1.165) is 12.1 Å². The van der Waals surface area contributed by atoms with Crippen LogP contribution >= 0.6 is 50.9 Å². The molecule has 0 bridgehead atoms. The monoisotopic (exact) mass is 563 g/mol. The average molecular weight is 565 g/mol. The summed E-state index contributed by atoms with van der Waals surface area (Å²) in [4.78, 5) is 4.88. The molecule has 2 saturated heterocycles. The zero-order valence-corrected chi connectivity index (χ0v) is 19.9. The van der Waals surface area contributed by atoms with Crippen LogP contribution in [0, 0.1) is 11.6 Å². The molecular weight excluding hydrogens is 551 g/mol. The first-order valence-electron chi connectivity index (χ1n) is 9.43. The van der Waals surface area contributed by atoms with E-state index in [0.29, 0.717) is 26.7 Å². The van der Waals surface area contributed by atoms with Gasteiger partial charge in [-0.3, -0.25) is 4.68 Å². The summed E-state index contributed by atoms with van der Waals surface area (Å²) in [6.45, 7) is 0.391. The lowest BCUT2D eigenvalue weighted by atomic mass is 9.93. The van der Waals surface area contributed by atoms with Crippen molar-refractivity contribution >= 4 is 50.9 Å². The number of aliphatic hydroxyl groups excluding tert-OH is 1. The first-order valence-corrected chi connectivity index (χ1v) is 11.9. The second-order valence-corrected chi connectivity index (χ2v) is 10.1. The maximum absolute atomic E-state index is 13.9. The smallest absolute Gasteiger partial charge is 0.145 e. The molecule has 0 spiro atoms. The van der Waals surface area contributed by atoms with Crippen molar-refractivity contribution in [3.05, 3.63) is 63.1 Å². The van der Waals surface area contributed by atoms with Crippen molar-refractivity contribution in [3.63, 3.8) is 0 Å². The molecule has 2 aliphatic heterocycles. The Labute approximate surface area is 204 Å². The number of ether oxygens (including phenoxy) is 2. The van der Waals surface area contributed by atoms with Crippen molar-refractivity contribution < 1.29 is 23.4 Å². The van der Waals surface area contributed by atoms with E-state index in [1.165, 1.54) is 24.2 Å². The summed E-state index contributed by atoms with van der Waals surface area (Å²) in [5.41, 5.74) is 0.114. The summed E-state index contributed by atoms with van der Waals surface area (Å²) < 4.78 is 41.6. The molecule has 5 atom stereocenters. The molecule has 168 valence electrons. The Balaban J connectivity index is 1.43. The first kappa shape index (κ1) is 22.5. The minimum atomic E-state index is -1.00. The number of hydrogen-bond acceptors (Lipinski definition) is 6. The van der Waals surface area contributed by atoms with Gasteiger partial charge in [0.15, 0.2) is 0 Å². The third-order valence-corrected chi connectivity index (χ3v) is 7.98. The Morgan fingerprint density at radius 1 is 1.16 bits per heavy atom. The lowest BCUT2D eigenvalue weighted by Crippen LogP contribution is -2.62. The highest BCUT2D eigenvalue weighted by molar-refractivity contribution is 9.10. The van der Waals surface area contributed by atoms with Gasteiger partial charge in [0.25, 0.3) is 0 Å². The quantitative estimate of drug-likeness (QED) is 0.351. The largest absolute Gasteiger partial charge is 0.387 e. The molecule has 2 fully saturated rings. The fourth-order valence-electron chi connectivity index (χ4n) is 3.72. The Morgan fingerprint density at radius 3 is 2.59 bits per heavy atom.